The van der Waals surface area contributed by atoms with Crippen molar-refractivity contribution in [3.05, 3.63) is 0 Å². The van der Waals surface area contributed by atoms with Crippen molar-refractivity contribution >= 4 is 5.97 Å². The zero-order chi connectivity index (χ0) is 14.8. The van der Waals surface area contributed by atoms with Gasteiger partial charge in [-0.1, -0.05) is 20.8 Å². The van der Waals surface area contributed by atoms with Crippen molar-refractivity contribution < 1.29 is 9.90 Å². The van der Waals surface area contributed by atoms with Gasteiger partial charge >= 0.3 is 5.97 Å². The molecular weight excluding hydrogens is 252 g/mol. The van der Waals surface area contributed by atoms with Crippen LogP contribution in [0.2, 0.25) is 0 Å². The maximum Gasteiger partial charge on any atom is 0.323 e. The summed E-state index contributed by atoms with van der Waals surface area (Å²) in [6.45, 7) is 8.61. The third-order valence-electron chi connectivity index (χ3n) is 5.19. The molecule has 2 aliphatic rings. The molecule has 1 aliphatic heterocycles. The lowest BCUT2D eigenvalue weighted by atomic mass is 9.96. The third kappa shape index (κ3) is 3.01. The van der Waals surface area contributed by atoms with E-state index in [2.05, 4.69) is 31.0 Å². The molecule has 2 rings (SSSR count). The highest BCUT2D eigenvalue weighted by atomic mass is 16.4. The molecule has 0 bridgehead atoms. The van der Waals surface area contributed by atoms with Crippen LogP contribution in [0.25, 0.3) is 0 Å². The number of carbonyl (C=O) groups is 1. The molecule has 0 aromatic rings. The van der Waals surface area contributed by atoms with Crippen molar-refractivity contribution in [1.29, 1.82) is 0 Å². The van der Waals surface area contributed by atoms with Crippen molar-refractivity contribution in [3.63, 3.8) is 0 Å². The first-order valence-corrected chi connectivity index (χ1v) is 8.24. The zero-order valence-electron chi connectivity index (χ0n) is 13.2. The highest BCUT2D eigenvalue weighted by Gasteiger charge is 2.48. The molecule has 1 aliphatic carbocycles. The molecule has 0 aromatic carbocycles. The largest absolute Gasteiger partial charge is 0.480 e. The fraction of sp³-hybridized carbons (Fsp3) is 0.938. The minimum atomic E-state index is -0.676. The van der Waals surface area contributed by atoms with E-state index in [4.69, 9.17) is 0 Å². The van der Waals surface area contributed by atoms with Gasteiger partial charge in [-0.3, -0.25) is 9.69 Å². The highest BCUT2D eigenvalue weighted by Crippen LogP contribution is 2.38. The molecule has 20 heavy (non-hydrogen) atoms. The lowest BCUT2D eigenvalue weighted by Gasteiger charge is -2.34. The van der Waals surface area contributed by atoms with Crippen molar-refractivity contribution in [1.82, 2.24) is 10.2 Å². The van der Waals surface area contributed by atoms with Crippen LogP contribution >= 0.6 is 0 Å². The van der Waals surface area contributed by atoms with Gasteiger partial charge in [0.15, 0.2) is 0 Å². The average Bonchev–Trinajstić information content (AvgIpc) is 3.03. The standard InChI is InChI=1S/C16H30N2O2/c1-4-9-17-16(15(19)20)8-7-13(11-16)18-10-5-6-14(18)12(2)3/h12-14,17H,4-11H2,1-3H3,(H,19,20). The molecule has 1 saturated carbocycles. The summed E-state index contributed by atoms with van der Waals surface area (Å²) in [5.74, 6) is 0.00896. The number of nitrogens with zero attached hydrogens (tertiary/aromatic N) is 1. The second kappa shape index (κ2) is 6.44. The number of nitrogens with one attached hydrogen (secondary N) is 1. The van der Waals surface area contributed by atoms with Gasteiger partial charge in [-0.05, 0) is 57.5 Å². The maximum atomic E-state index is 11.7. The lowest BCUT2D eigenvalue weighted by Crippen LogP contribution is -2.52. The van der Waals surface area contributed by atoms with Gasteiger partial charge in [0.2, 0.25) is 0 Å². The van der Waals surface area contributed by atoms with Crippen LogP contribution in [-0.4, -0.2) is 46.7 Å². The van der Waals surface area contributed by atoms with Crippen LogP contribution < -0.4 is 5.32 Å². The minimum absolute atomic E-state index is 0.449. The summed E-state index contributed by atoms with van der Waals surface area (Å²) in [5.41, 5.74) is -0.676. The molecule has 0 amide bonds. The Bertz CT molecular complexity index is 345. The van der Waals surface area contributed by atoms with Crippen molar-refractivity contribution in [2.45, 2.75) is 76.9 Å². The van der Waals surface area contributed by atoms with E-state index < -0.39 is 11.5 Å². The summed E-state index contributed by atoms with van der Waals surface area (Å²) in [6, 6.07) is 1.10. The molecule has 1 heterocycles. The molecule has 4 nitrogen and oxygen atoms in total. The first kappa shape index (κ1) is 15.8. The topological polar surface area (TPSA) is 52.6 Å². The number of carboxylic acid groups (broad SMARTS) is 1. The molecule has 0 spiro atoms. The van der Waals surface area contributed by atoms with Crippen LogP contribution in [0.1, 0.15) is 59.3 Å². The molecule has 1 saturated heterocycles. The Morgan fingerprint density at radius 2 is 2.20 bits per heavy atom. The molecule has 2 N–H and O–H groups in total. The van der Waals surface area contributed by atoms with E-state index in [1.807, 2.05) is 0 Å². The summed E-state index contributed by atoms with van der Waals surface area (Å²) in [5, 5.41) is 13.0. The Morgan fingerprint density at radius 1 is 1.45 bits per heavy atom. The van der Waals surface area contributed by atoms with Gasteiger partial charge in [0, 0.05) is 12.1 Å². The Morgan fingerprint density at radius 3 is 2.80 bits per heavy atom. The predicted octanol–water partition coefficient (Wildman–Crippen LogP) is 2.48. The van der Waals surface area contributed by atoms with Crippen LogP contribution in [0.15, 0.2) is 0 Å². The Balaban J connectivity index is 2.04. The van der Waals surface area contributed by atoms with Crippen molar-refractivity contribution in [3.8, 4) is 0 Å². The van der Waals surface area contributed by atoms with Crippen LogP contribution in [0, 0.1) is 5.92 Å². The predicted molar refractivity (Wildman–Crippen MR) is 80.9 cm³/mol. The second-order valence-electron chi connectivity index (χ2n) is 6.90. The smallest absolute Gasteiger partial charge is 0.323 e. The first-order valence-electron chi connectivity index (χ1n) is 8.24. The highest BCUT2D eigenvalue weighted by molar-refractivity contribution is 5.79. The SMILES string of the molecule is CCCNC1(C(=O)O)CCC(N2CCCC2C(C)C)C1. The van der Waals surface area contributed by atoms with Crippen LogP contribution in [0.4, 0.5) is 0 Å². The quantitative estimate of drug-likeness (QED) is 0.786. The summed E-state index contributed by atoms with van der Waals surface area (Å²) >= 11 is 0. The van der Waals surface area contributed by atoms with Gasteiger partial charge in [0.1, 0.15) is 5.54 Å². The number of hydrogen-bond donors (Lipinski definition) is 2. The van der Waals surface area contributed by atoms with Gasteiger partial charge < -0.3 is 10.4 Å². The molecule has 4 heteroatoms. The molecule has 3 unspecified atom stereocenters. The van der Waals surface area contributed by atoms with E-state index in [0.29, 0.717) is 18.0 Å². The molecule has 116 valence electrons. The number of carboxylic acids is 1. The fourth-order valence-corrected chi connectivity index (χ4v) is 4.08. The second-order valence-corrected chi connectivity index (χ2v) is 6.90. The number of likely N-dealkylation sites (tertiary alicyclic amines) is 1. The van der Waals surface area contributed by atoms with Crippen molar-refractivity contribution in [2.75, 3.05) is 13.1 Å². The normalized spacial score (nSPS) is 35.0. The van der Waals surface area contributed by atoms with Crippen LogP contribution in [0.3, 0.4) is 0 Å². The third-order valence-corrected chi connectivity index (χ3v) is 5.19. The molecule has 0 radical (unpaired) electrons. The average molecular weight is 282 g/mol. The van der Waals surface area contributed by atoms with Gasteiger partial charge in [-0.25, -0.2) is 0 Å². The Labute approximate surface area is 122 Å². The van der Waals surface area contributed by atoms with Crippen LogP contribution in [0.5, 0.6) is 0 Å². The van der Waals surface area contributed by atoms with Gasteiger partial charge in [0.05, 0.1) is 0 Å². The maximum absolute atomic E-state index is 11.7. The number of rotatable bonds is 6. The summed E-state index contributed by atoms with van der Waals surface area (Å²) in [4.78, 5) is 14.3. The number of aliphatic carboxylic acids is 1. The summed E-state index contributed by atoms with van der Waals surface area (Å²) in [6.07, 6.45) is 6.09. The molecule has 2 fully saturated rings. The summed E-state index contributed by atoms with van der Waals surface area (Å²) in [7, 11) is 0. The fourth-order valence-electron chi connectivity index (χ4n) is 4.08. The first-order chi connectivity index (χ1) is 9.50. The van der Waals surface area contributed by atoms with E-state index in [9.17, 15) is 9.90 Å². The summed E-state index contributed by atoms with van der Waals surface area (Å²) < 4.78 is 0. The molecular formula is C16H30N2O2. The Hall–Kier alpha value is -0.610. The van der Waals surface area contributed by atoms with E-state index in [-0.39, 0.29) is 0 Å². The van der Waals surface area contributed by atoms with Gasteiger partial charge in [-0.2, -0.15) is 0 Å². The minimum Gasteiger partial charge on any atom is -0.480 e. The van der Waals surface area contributed by atoms with E-state index in [1.165, 1.54) is 12.8 Å². The van der Waals surface area contributed by atoms with E-state index in [1.54, 1.807) is 0 Å². The molecule has 3 atom stereocenters. The van der Waals surface area contributed by atoms with E-state index in [0.717, 1.165) is 38.8 Å². The zero-order valence-corrected chi connectivity index (χ0v) is 13.2. The molecule has 0 aromatic heterocycles. The van der Waals surface area contributed by atoms with Gasteiger partial charge in [0.25, 0.3) is 0 Å². The lowest BCUT2D eigenvalue weighted by molar-refractivity contribution is -0.144. The Kier molecular flexibility index (Phi) is 5.08. The number of hydrogen-bond acceptors (Lipinski definition) is 3. The monoisotopic (exact) mass is 282 g/mol. The van der Waals surface area contributed by atoms with Crippen LogP contribution in [-0.2, 0) is 4.79 Å². The van der Waals surface area contributed by atoms with Gasteiger partial charge in [-0.15, -0.1) is 0 Å². The van der Waals surface area contributed by atoms with E-state index >= 15 is 0 Å². The van der Waals surface area contributed by atoms with Crippen molar-refractivity contribution in [2.24, 2.45) is 5.92 Å².